The van der Waals surface area contributed by atoms with Crippen LogP contribution in [0.2, 0.25) is 0 Å². The van der Waals surface area contributed by atoms with E-state index in [2.05, 4.69) is 5.32 Å². The molecule has 0 saturated carbocycles. The molecule has 7 heteroatoms. The fraction of sp³-hybridized carbons (Fsp3) is 0.632. The maximum absolute atomic E-state index is 12.8. The predicted octanol–water partition coefficient (Wildman–Crippen LogP) is 4.18. The lowest BCUT2D eigenvalue weighted by molar-refractivity contribution is 0.0466. The molecule has 0 aromatic heterocycles. The maximum atomic E-state index is 12.8. The summed E-state index contributed by atoms with van der Waals surface area (Å²) in [5.41, 5.74) is -0.838. The van der Waals surface area contributed by atoms with Crippen molar-refractivity contribution in [3.63, 3.8) is 0 Å². The minimum Gasteiger partial charge on any atom is -0.444 e. The van der Waals surface area contributed by atoms with Crippen molar-refractivity contribution >= 4 is 16.2 Å². The molecule has 1 aromatic rings. The Kier molecular flexibility index (Phi) is 7.24. The number of rotatable bonds is 7. The molecule has 0 radical (unpaired) electrons. The van der Waals surface area contributed by atoms with Gasteiger partial charge in [0, 0.05) is 5.54 Å². The van der Waals surface area contributed by atoms with Crippen LogP contribution in [0.15, 0.2) is 30.3 Å². The van der Waals surface area contributed by atoms with Gasteiger partial charge in [0.2, 0.25) is 0 Å². The molecule has 0 aliphatic heterocycles. The van der Waals surface area contributed by atoms with Gasteiger partial charge in [-0.05, 0) is 60.5 Å². The highest BCUT2D eigenvalue weighted by atomic mass is 32.2. The molecule has 6 nitrogen and oxygen atoms in total. The van der Waals surface area contributed by atoms with E-state index in [0.29, 0.717) is 5.56 Å². The summed E-state index contributed by atoms with van der Waals surface area (Å²) in [6.45, 7) is 12.2. The van der Waals surface area contributed by atoms with Gasteiger partial charge in [-0.3, -0.25) is 4.18 Å². The van der Waals surface area contributed by atoms with Gasteiger partial charge >= 0.3 is 6.09 Å². The third-order valence-electron chi connectivity index (χ3n) is 3.38. The van der Waals surface area contributed by atoms with E-state index >= 15 is 0 Å². The van der Waals surface area contributed by atoms with Gasteiger partial charge in [-0.15, -0.1) is 0 Å². The Morgan fingerprint density at radius 1 is 1.08 bits per heavy atom. The van der Waals surface area contributed by atoms with Crippen LogP contribution in [0, 0.1) is 0 Å². The van der Waals surface area contributed by atoms with Gasteiger partial charge in [-0.1, -0.05) is 30.3 Å². The molecule has 0 fully saturated rings. The summed E-state index contributed by atoms with van der Waals surface area (Å²) >= 11 is 0. The number of amides is 1. The molecule has 0 spiro atoms. The van der Waals surface area contributed by atoms with E-state index in [-0.39, 0.29) is 6.42 Å². The summed E-state index contributed by atoms with van der Waals surface area (Å²) in [5, 5.41) is 1.85. The van der Waals surface area contributed by atoms with Crippen molar-refractivity contribution in [2.24, 2.45) is 0 Å². The maximum Gasteiger partial charge on any atom is 0.408 e. The van der Waals surface area contributed by atoms with Crippen molar-refractivity contribution in [3.05, 3.63) is 35.9 Å². The monoisotopic (exact) mass is 385 g/mol. The van der Waals surface area contributed by atoms with Crippen LogP contribution in [-0.2, 0) is 19.0 Å². The van der Waals surface area contributed by atoms with Crippen LogP contribution in [0.3, 0.4) is 0 Å². The molecular formula is C19H31NO5S. The zero-order valence-electron chi connectivity index (χ0n) is 16.7. The Labute approximate surface area is 157 Å². The summed E-state index contributed by atoms with van der Waals surface area (Å²) in [5.74, 6) is 0. The highest BCUT2D eigenvalue weighted by molar-refractivity contribution is 7.87. The number of hydrogen-bond donors (Lipinski definition) is 1. The number of nitrogens with one attached hydrogen (secondary N) is 1. The molecule has 1 amide bonds. The number of ether oxygens (including phenoxy) is 1. The van der Waals surface area contributed by atoms with Gasteiger partial charge in [0.1, 0.15) is 10.9 Å². The highest BCUT2D eigenvalue weighted by Crippen LogP contribution is 2.33. The summed E-state index contributed by atoms with van der Waals surface area (Å²) < 4.78 is 36.0. The zero-order chi connectivity index (χ0) is 20.2. The van der Waals surface area contributed by atoms with E-state index in [1.165, 1.54) is 0 Å². The molecule has 0 heterocycles. The molecule has 148 valence electrons. The van der Waals surface area contributed by atoms with Crippen molar-refractivity contribution in [1.29, 1.82) is 0 Å². The lowest BCUT2D eigenvalue weighted by atomic mass is 9.95. The Hall–Kier alpha value is -1.60. The van der Waals surface area contributed by atoms with Crippen molar-refractivity contribution in [2.75, 3.05) is 0 Å². The van der Waals surface area contributed by atoms with Crippen LogP contribution in [0.1, 0.15) is 65.7 Å². The van der Waals surface area contributed by atoms with Crippen molar-refractivity contribution in [3.8, 4) is 0 Å². The van der Waals surface area contributed by atoms with Gasteiger partial charge in [-0.2, -0.15) is 8.42 Å². The lowest BCUT2D eigenvalue weighted by Crippen LogP contribution is -2.47. The molecule has 0 aliphatic rings. The van der Waals surface area contributed by atoms with E-state index in [9.17, 15) is 13.2 Å². The second-order valence-corrected chi connectivity index (χ2v) is 10.00. The quantitative estimate of drug-likeness (QED) is 0.712. The van der Waals surface area contributed by atoms with Gasteiger partial charge in [-0.25, -0.2) is 4.79 Å². The third-order valence-corrected chi connectivity index (χ3v) is 5.17. The first-order chi connectivity index (χ1) is 11.7. The molecule has 26 heavy (non-hydrogen) atoms. The van der Waals surface area contributed by atoms with Gasteiger partial charge in [0.15, 0.2) is 0 Å². The van der Waals surface area contributed by atoms with E-state index < -0.39 is 38.7 Å². The molecule has 1 atom stereocenters. The normalized spacial score (nSPS) is 14.2. The number of carbonyl (C=O) groups excluding carboxylic acids is 1. The van der Waals surface area contributed by atoms with Crippen LogP contribution in [0.4, 0.5) is 4.79 Å². The Bertz CT molecular complexity index is 690. The zero-order valence-corrected chi connectivity index (χ0v) is 17.5. The lowest BCUT2D eigenvalue weighted by Gasteiger charge is -2.32. The van der Waals surface area contributed by atoms with Gasteiger partial charge < -0.3 is 10.1 Å². The molecule has 1 aromatic carbocycles. The molecule has 1 N–H and O–H groups in total. The summed E-state index contributed by atoms with van der Waals surface area (Å²) in [6, 6.07) is 8.87. The standard InChI is InChI=1S/C19H31NO5S/c1-14(2)25-26(22,23)16(15-11-9-8-10-12-15)13-19(6,7)20-17(21)24-18(3,4)5/h8-12,14,16H,13H2,1-7H3,(H,20,21). The average molecular weight is 386 g/mol. The minimum atomic E-state index is -3.87. The number of hydrogen-bond acceptors (Lipinski definition) is 5. The Balaban J connectivity index is 3.07. The van der Waals surface area contributed by atoms with Crippen molar-refractivity contribution in [2.45, 2.75) is 77.4 Å². The highest BCUT2D eigenvalue weighted by Gasteiger charge is 2.36. The first kappa shape index (κ1) is 22.4. The number of benzene rings is 1. The number of carbonyl (C=O) groups is 1. The van der Waals surface area contributed by atoms with Gasteiger partial charge in [0.05, 0.1) is 6.10 Å². The molecule has 0 aliphatic carbocycles. The smallest absolute Gasteiger partial charge is 0.408 e. The van der Waals surface area contributed by atoms with Crippen molar-refractivity contribution in [1.82, 2.24) is 5.32 Å². The molecule has 0 bridgehead atoms. The largest absolute Gasteiger partial charge is 0.444 e. The van der Waals surface area contributed by atoms with Crippen LogP contribution in [0.5, 0.6) is 0 Å². The summed E-state index contributed by atoms with van der Waals surface area (Å²) in [7, 11) is -3.87. The second-order valence-electron chi connectivity index (χ2n) is 8.25. The first-order valence-electron chi connectivity index (χ1n) is 8.70. The molecule has 0 saturated heterocycles. The Morgan fingerprint density at radius 2 is 1.62 bits per heavy atom. The van der Waals surface area contributed by atoms with Gasteiger partial charge in [0.25, 0.3) is 10.1 Å². The topological polar surface area (TPSA) is 81.7 Å². The second kappa shape index (κ2) is 8.39. The van der Waals surface area contributed by atoms with E-state index in [4.69, 9.17) is 8.92 Å². The van der Waals surface area contributed by atoms with Crippen LogP contribution in [0.25, 0.3) is 0 Å². The molecule has 1 unspecified atom stereocenters. The first-order valence-corrected chi connectivity index (χ1v) is 10.2. The Morgan fingerprint density at radius 3 is 2.08 bits per heavy atom. The van der Waals surface area contributed by atoms with Crippen LogP contribution < -0.4 is 5.32 Å². The fourth-order valence-corrected chi connectivity index (χ4v) is 4.27. The van der Waals surface area contributed by atoms with Crippen LogP contribution >= 0.6 is 0 Å². The number of alkyl carbamates (subject to hydrolysis) is 1. The predicted molar refractivity (Wildman–Crippen MR) is 102 cm³/mol. The van der Waals surface area contributed by atoms with Crippen molar-refractivity contribution < 1.29 is 22.1 Å². The fourth-order valence-electron chi connectivity index (χ4n) is 2.48. The summed E-state index contributed by atoms with van der Waals surface area (Å²) in [4.78, 5) is 12.1. The van der Waals surface area contributed by atoms with E-state index in [1.807, 2.05) is 6.07 Å². The molecular weight excluding hydrogens is 354 g/mol. The SMILES string of the molecule is CC(C)OS(=O)(=O)C(CC(C)(C)NC(=O)OC(C)(C)C)c1ccccc1. The molecule has 1 rings (SSSR count). The van der Waals surface area contributed by atoms with E-state index in [0.717, 1.165) is 0 Å². The minimum absolute atomic E-state index is 0.144. The summed E-state index contributed by atoms with van der Waals surface area (Å²) in [6.07, 6.45) is -0.907. The third kappa shape index (κ3) is 7.74. The average Bonchev–Trinajstić information content (AvgIpc) is 2.41. The van der Waals surface area contributed by atoms with Crippen LogP contribution in [-0.4, -0.2) is 31.8 Å². The van der Waals surface area contributed by atoms with E-state index in [1.54, 1.807) is 72.7 Å².